The minimum atomic E-state index is -0.341. The van der Waals surface area contributed by atoms with Gasteiger partial charge < -0.3 is 9.84 Å². The second-order valence-electron chi connectivity index (χ2n) is 5.60. The molecule has 6 heteroatoms. The number of nitrogens with zero attached hydrogens (tertiary/aromatic N) is 1. The average Bonchev–Trinajstić information content (AvgIpc) is 3.08. The fourth-order valence-electron chi connectivity index (χ4n) is 2.45. The number of hydrogen-bond acceptors (Lipinski definition) is 3. The Bertz CT molecular complexity index is 862. The lowest BCUT2D eigenvalue weighted by atomic mass is 10.0. The SMILES string of the molecule is O=C(CCc1conc1-c1cccc(F)c1)NCc1ccc(Cl)cc1. The molecule has 1 amide bonds. The molecule has 4 nitrogen and oxygen atoms in total. The molecule has 0 saturated heterocycles. The molecular formula is C19H16ClFN2O2. The van der Waals surface area contributed by atoms with Gasteiger partial charge in [0.25, 0.3) is 0 Å². The van der Waals surface area contributed by atoms with Crippen LogP contribution in [0.3, 0.4) is 0 Å². The summed E-state index contributed by atoms with van der Waals surface area (Å²) in [5, 5.41) is 7.44. The second-order valence-corrected chi connectivity index (χ2v) is 6.04. The van der Waals surface area contributed by atoms with E-state index >= 15 is 0 Å². The van der Waals surface area contributed by atoms with Gasteiger partial charge >= 0.3 is 0 Å². The molecule has 0 spiro atoms. The number of rotatable bonds is 6. The van der Waals surface area contributed by atoms with Crippen LogP contribution in [0.5, 0.6) is 0 Å². The number of carbonyl (C=O) groups excluding carboxylic acids is 1. The highest BCUT2D eigenvalue weighted by molar-refractivity contribution is 6.30. The Morgan fingerprint density at radius 1 is 1.20 bits per heavy atom. The predicted molar refractivity (Wildman–Crippen MR) is 93.5 cm³/mol. The van der Waals surface area contributed by atoms with E-state index in [2.05, 4.69) is 10.5 Å². The monoisotopic (exact) mass is 358 g/mol. The zero-order valence-electron chi connectivity index (χ0n) is 13.3. The first-order valence-corrected chi connectivity index (χ1v) is 8.20. The maximum atomic E-state index is 13.4. The van der Waals surface area contributed by atoms with Gasteiger partial charge in [-0.3, -0.25) is 4.79 Å². The van der Waals surface area contributed by atoms with Crippen molar-refractivity contribution in [3.05, 3.63) is 76.8 Å². The molecule has 0 saturated carbocycles. The number of amides is 1. The molecular weight excluding hydrogens is 343 g/mol. The van der Waals surface area contributed by atoms with Gasteiger partial charge in [0.15, 0.2) is 0 Å². The maximum Gasteiger partial charge on any atom is 0.220 e. The molecule has 128 valence electrons. The summed E-state index contributed by atoms with van der Waals surface area (Å²) >= 11 is 5.83. The Kier molecular flexibility index (Phi) is 5.46. The molecule has 0 aliphatic rings. The standard InChI is InChI=1S/C19H16ClFN2O2/c20-16-7-4-13(5-8-16)11-22-18(24)9-6-15-12-25-23-19(15)14-2-1-3-17(21)10-14/h1-5,7-8,10,12H,6,9,11H2,(H,22,24). The van der Waals surface area contributed by atoms with Crippen molar-refractivity contribution in [3.63, 3.8) is 0 Å². The average molecular weight is 359 g/mol. The van der Waals surface area contributed by atoms with Crippen molar-refractivity contribution in [2.45, 2.75) is 19.4 Å². The molecule has 1 aromatic heterocycles. The first-order valence-electron chi connectivity index (χ1n) is 7.82. The Morgan fingerprint density at radius 3 is 2.76 bits per heavy atom. The van der Waals surface area contributed by atoms with Gasteiger partial charge in [-0.05, 0) is 36.2 Å². The normalized spacial score (nSPS) is 10.6. The van der Waals surface area contributed by atoms with Crippen LogP contribution in [0.1, 0.15) is 17.5 Å². The number of hydrogen-bond donors (Lipinski definition) is 1. The third-order valence-electron chi connectivity index (χ3n) is 3.77. The van der Waals surface area contributed by atoms with Gasteiger partial charge in [-0.1, -0.05) is 41.0 Å². The van der Waals surface area contributed by atoms with Crippen LogP contribution in [0.4, 0.5) is 4.39 Å². The fourth-order valence-corrected chi connectivity index (χ4v) is 2.57. The van der Waals surface area contributed by atoms with Crippen molar-refractivity contribution >= 4 is 17.5 Å². The van der Waals surface area contributed by atoms with Crippen molar-refractivity contribution in [1.82, 2.24) is 10.5 Å². The van der Waals surface area contributed by atoms with E-state index in [1.54, 1.807) is 24.3 Å². The number of halogens is 2. The molecule has 1 heterocycles. The predicted octanol–water partition coefficient (Wildman–Crippen LogP) is 4.38. The molecule has 0 aliphatic heterocycles. The van der Waals surface area contributed by atoms with Crippen molar-refractivity contribution in [3.8, 4) is 11.3 Å². The van der Waals surface area contributed by atoms with Crippen LogP contribution in [0.25, 0.3) is 11.3 Å². The van der Waals surface area contributed by atoms with Crippen LogP contribution < -0.4 is 5.32 Å². The van der Waals surface area contributed by atoms with Crippen molar-refractivity contribution < 1.29 is 13.7 Å². The lowest BCUT2D eigenvalue weighted by Crippen LogP contribution is -2.22. The topological polar surface area (TPSA) is 55.1 Å². The van der Waals surface area contributed by atoms with Crippen LogP contribution >= 0.6 is 11.6 Å². The van der Waals surface area contributed by atoms with E-state index in [1.165, 1.54) is 18.4 Å². The maximum absolute atomic E-state index is 13.4. The van der Waals surface area contributed by atoms with Crippen molar-refractivity contribution in [2.24, 2.45) is 0 Å². The number of nitrogens with one attached hydrogen (secondary N) is 1. The van der Waals surface area contributed by atoms with Gasteiger partial charge in [0, 0.05) is 29.1 Å². The van der Waals surface area contributed by atoms with E-state index in [9.17, 15) is 9.18 Å². The molecule has 25 heavy (non-hydrogen) atoms. The van der Waals surface area contributed by atoms with Gasteiger partial charge in [0.05, 0.1) is 0 Å². The van der Waals surface area contributed by atoms with Crippen molar-refractivity contribution in [2.75, 3.05) is 0 Å². The third kappa shape index (κ3) is 4.67. The quantitative estimate of drug-likeness (QED) is 0.711. The van der Waals surface area contributed by atoms with E-state index in [0.29, 0.717) is 29.2 Å². The molecule has 3 rings (SSSR count). The summed E-state index contributed by atoms with van der Waals surface area (Å²) in [7, 11) is 0. The lowest BCUT2D eigenvalue weighted by Gasteiger charge is -2.06. The van der Waals surface area contributed by atoms with Crippen LogP contribution in [-0.4, -0.2) is 11.1 Å². The Balaban J connectivity index is 1.56. The first-order chi connectivity index (χ1) is 12.1. The third-order valence-corrected chi connectivity index (χ3v) is 4.02. The molecule has 2 aromatic carbocycles. The minimum Gasteiger partial charge on any atom is -0.364 e. The second kappa shape index (κ2) is 7.94. The Labute approximate surface area is 149 Å². The summed E-state index contributed by atoms with van der Waals surface area (Å²) in [6, 6.07) is 13.4. The summed E-state index contributed by atoms with van der Waals surface area (Å²) in [5.74, 6) is -0.423. The molecule has 0 unspecified atom stereocenters. The largest absolute Gasteiger partial charge is 0.364 e. The molecule has 0 bridgehead atoms. The molecule has 0 aliphatic carbocycles. The summed E-state index contributed by atoms with van der Waals surface area (Å²) in [4.78, 5) is 12.0. The Morgan fingerprint density at radius 2 is 2.00 bits per heavy atom. The van der Waals surface area contributed by atoms with E-state index < -0.39 is 0 Å². The van der Waals surface area contributed by atoms with Crippen LogP contribution in [0.2, 0.25) is 5.02 Å². The number of aryl methyl sites for hydroxylation is 1. The van der Waals surface area contributed by atoms with E-state index in [1.807, 2.05) is 12.1 Å². The van der Waals surface area contributed by atoms with Crippen LogP contribution in [0, 0.1) is 5.82 Å². The smallest absolute Gasteiger partial charge is 0.220 e. The zero-order valence-corrected chi connectivity index (χ0v) is 14.1. The Hall–Kier alpha value is -2.66. The van der Waals surface area contributed by atoms with Crippen LogP contribution in [-0.2, 0) is 17.8 Å². The van der Waals surface area contributed by atoms with Gasteiger partial charge in [-0.2, -0.15) is 0 Å². The minimum absolute atomic E-state index is 0.0821. The molecule has 0 fully saturated rings. The molecule has 3 aromatic rings. The van der Waals surface area contributed by atoms with E-state index in [4.69, 9.17) is 16.1 Å². The highest BCUT2D eigenvalue weighted by Crippen LogP contribution is 2.23. The van der Waals surface area contributed by atoms with Crippen molar-refractivity contribution in [1.29, 1.82) is 0 Å². The highest BCUT2D eigenvalue weighted by atomic mass is 35.5. The fraction of sp³-hybridized carbons (Fsp3) is 0.158. The summed E-state index contributed by atoms with van der Waals surface area (Å²) < 4.78 is 18.4. The number of carbonyl (C=O) groups is 1. The van der Waals surface area contributed by atoms with Gasteiger partial charge in [0.1, 0.15) is 17.8 Å². The summed E-state index contributed by atoms with van der Waals surface area (Å²) in [6.07, 6.45) is 2.24. The lowest BCUT2D eigenvalue weighted by molar-refractivity contribution is -0.121. The molecule has 1 N–H and O–H groups in total. The van der Waals surface area contributed by atoms with E-state index in [-0.39, 0.29) is 18.1 Å². The molecule has 0 atom stereocenters. The molecule has 0 radical (unpaired) electrons. The van der Waals surface area contributed by atoms with Gasteiger partial charge in [0.2, 0.25) is 5.91 Å². The van der Waals surface area contributed by atoms with Gasteiger partial charge in [-0.15, -0.1) is 0 Å². The van der Waals surface area contributed by atoms with Crippen LogP contribution in [0.15, 0.2) is 59.3 Å². The summed E-state index contributed by atoms with van der Waals surface area (Å²) in [5.41, 5.74) is 2.94. The zero-order chi connectivity index (χ0) is 17.6. The van der Waals surface area contributed by atoms with Gasteiger partial charge in [-0.25, -0.2) is 4.39 Å². The summed E-state index contributed by atoms with van der Waals surface area (Å²) in [6.45, 7) is 0.441. The number of aromatic nitrogens is 1. The van der Waals surface area contributed by atoms with E-state index in [0.717, 1.165) is 11.1 Å². The first kappa shape index (κ1) is 17.2. The highest BCUT2D eigenvalue weighted by Gasteiger charge is 2.12. The number of benzene rings is 2.